The van der Waals surface area contributed by atoms with Crippen LogP contribution in [0, 0.1) is 0 Å². The minimum absolute atomic E-state index is 0.643. The summed E-state index contributed by atoms with van der Waals surface area (Å²) in [5.74, 6) is 1.94. The Morgan fingerprint density at radius 1 is 0.241 bits per heavy atom. The van der Waals surface area contributed by atoms with E-state index >= 15 is 0 Å². The third-order valence-corrected chi connectivity index (χ3v) is 10.1. The van der Waals surface area contributed by atoms with Crippen molar-refractivity contribution in [1.29, 1.82) is 0 Å². The standard InChI is InChI=1S/C50H32N4/c1-4-15-33(16-5-1)39-24-14-25-44-46(39)43-23-12-13-26-45(43)51-47(44)35-29-27-34(28-30-35)38-31-32-42(41-22-11-10-21-40(38)41)50-53-48(36-17-6-2-7-18-36)52-49(54-50)37-19-8-3-9-20-37/h1-32H. The highest BCUT2D eigenvalue weighted by Crippen LogP contribution is 2.40. The normalized spacial score (nSPS) is 11.3. The molecule has 8 aromatic carbocycles. The Morgan fingerprint density at radius 3 is 1.35 bits per heavy atom. The van der Waals surface area contributed by atoms with Crippen LogP contribution in [0.3, 0.4) is 0 Å². The van der Waals surface area contributed by atoms with Crippen LogP contribution >= 0.6 is 0 Å². The maximum atomic E-state index is 5.24. The van der Waals surface area contributed by atoms with Crippen molar-refractivity contribution in [3.05, 3.63) is 194 Å². The predicted molar refractivity (Wildman–Crippen MR) is 223 cm³/mol. The highest BCUT2D eigenvalue weighted by molar-refractivity contribution is 6.17. The zero-order chi connectivity index (χ0) is 35.8. The van der Waals surface area contributed by atoms with Crippen LogP contribution in [0.1, 0.15) is 0 Å². The van der Waals surface area contributed by atoms with Gasteiger partial charge in [0, 0.05) is 38.4 Å². The van der Waals surface area contributed by atoms with Crippen molar-refractivity contribution in [2.24, 2.45) is 0 Å². The number of hydrogen-bond acceptors (Lipinski definition) is 4. The summed E-state index contributed by atoms with van der Waals surface area (Å²) in [6.45, 7) is 0. The molecule has 0 aliphatic carbocycles. The molecule has 0 amide bonds. The lowest BCUT2D eigenvalue weighted by Gasteiger charge is -2.15. The molecular formula is C50H32N4. The molecule has 0 saturated heterocycles. The molecule has 4 heteroatoms. The lowest BCUT2D eigenvalue weighted by Crippen LogP contribution is -2.00. The summed E-state index contributed by atoms with van der Waals surface area (Å²) in [5, 5.41) is 5.73. The second-order valence-electron chi connectivity index (χ2n) is 13.4. The van der Waals surface area contributed by atoms with E-state index in [4.69, 9.17) is 19.9 Å². The summed E-state index contributed by atoms with van der Waals surface area (Å²) in [7, 11) is 0. The summed E-state index contributed by atoms with van der Waals surface area (Å²) < 4.78 is 0. The molecule has 0 N–H and O–H groups in total. The second-order valence-corrected chi connectivity index (χ2v) is 13.4. The van der Waals surface area contributed by atoms with Gasteiger partial charge in [-0.1, -0.05) is 182 Å². The van der Waals surface area contributed by atoms with Gasteiger partial charge in [-0.15, -0.1) is 0 Å². The molecule has 0 aliphatic heterocycles. The molecule has 252 valence electrons. The van der Waals surface area contributed by atoms with E-state index in [0.717, 1.165) is 66.1 Å². The molecule has 0 spiro atoms. The van der Waals surface area contributed by atoms with Gasteiger partial charge in [0.05, 0.1) is 11.2 Å². The Hall–Kier alpha value is -7.30. The van der Waals surface area contributed by atoms with Crippen molar-refractivity contribution in [3.63, 3.8) is 0 Å². The van der Waals surface area contributed by atoms with E-state index in [2.05, 4.69) is 133 Å². The van der Waals surface area contributed by atoms with Gasteiger partial charge in [0.25, 0.3) is 0 Å². The molecule has 10 aromatic rings. The average molecular weight is 689 g/mol. The van der Waals surface area contributed by atoms with Crippen LogP contribution in [0.25, 0.3) is 100 Å². The van der Waals surface area contributed by atoms with Gasteiger partial charge in [0.1, 0.15) is 0 Å². The number of benzene rings is 8. The predicted octanol–water partition coefficient (Wildman–Crippen LogP) is 12.7. The number of pyridine rings is 1. The van der Waals surface area contributed by atoms with Crippen LogP contribution in [0.2, 0.25) is 0 Å². The second kappa shape index (κ2) is 13.4. The molecule has 54 heavy (non-hydrogen) atoms. The topological polar surface area (TPSA) is 51.6 Å². The summed E-state index contributed by atoms with van der Waals surface area (Å²) in [6.07, 6.45) is 0. The third kappa shape index (κ3) is 5.58. The largest absolute Gasteiger partial charge is 0.247 e. The zero-order valence-corrected chi connectivity index (χ0v) is 29.3. The SMILES string of the molecule is c1ccc(-c2nc(-c3ccccc3)nc(-c3ccc(-c4ccc(-c5nc6ccccc6c6c(-c7ccccc7)cccc56)cc4)c4ccccc34)n2)cc1. The van der Waals surface area contributed by atoms with Crippen LogP contribution in [0.5, 0.6) is 0 Å². The van der Waals surface area contributed by atoms with Gasteiger partial charge in [-0.3, -0.25) is 0 Å². The summed E-state index contributed by atoms with van der Waals surface area (Å²) >= 11 is 0. The molecular weight excluding hydrogens is 657 g/mol. The molecule has 0 radical (unpaired) electrons. The van der Waals surface area contributed by atoms with Crippen LogP contribution in [0.4, 0.5) is 0 Å². The van der Waals surface area contributed by atoms with Gasteiger partial charge in [0.2, 0.25) is 0 Å². The van der Waals surface area contributed by atoms with Crippen molar-refractivity contribution >= 4 is 32.4 Å². The van der Waals surface area contributed by atoms with E-state index in [1.807, 2.05) is 60.7 Å². The molecule has 0 atom stereocenters. The molecule has 4 nitrogen and oxygen atoms in total. The molecule has 0 bridgehead atoms. The van der Waals surface area contributed by atoms with Crippen LogP contribution in [0.15, 0.2) is 194 Å². The third-order valence-electron chi connectivity index (χ3n) is 10.1. The van der Waals surface area contributed by atoms with Crippen molar-refractivity contribution in [1.82, 2.24) is 19.9 Å². The van der Waals surface area contributed by atoms with E-state index < -0.39 is 0 Å². The lowest BCUT2D eigenvalue weighted by atomic mass is 9.91. The molecule has 0 fully saturated rings. The van der Waals surface area contributed by atoms with Crippen molar-refractivity contribution in [2.45, 2.75) is 0 Å². The van der Waals surface area contributed by atoms with Gasteiger partial charge in [-0.2, -0.15) is 0 Å². The Labute approximate surface area is 313 Å². The Balaban J connectivity index is 1.09. The summed E-state index contributed by atoms with van der Waals surface area (Å²) in [5.41, 5.74) is 10.6. The Kier molecular flexibility index (Phi) is 7.77. The van der Waals surface area contributed by atoms with Crippen LogP contribution < -0.4 is 0 Å². The van der Waals surface area contributed by atoms with Crippen molar-refractivity contribution < 1.29 is 0 Å². The van der Waals surface area contributed by atoms with Crippen molar-refractivity contribution in [3.8, 4) is 67.7 Å². The first kappa shape index (κ1) is 31.4. The first-order valence-corrected chi connectivity index (χ1v) is 18.2. The number of aromatic nitrogens is 4. The van der Waals surface area contributed by atoms with Gasteiger partial charge < -0.3 is 0 Å². The number of nitrogens with zero attached hydrogens (tertiary/aromatic N) is 4. The van der Waals surface area contributed by atoms with Gasteiger partial charge >= 0.3 is 0 Å². The molecule has 0 unspecified atom stereocenters. The molecule has 0 saturated carbocycles. The van der Waals surface area contributed by atoms with Crippen LogP contribution in [-0.2, 0) is 0 Å². The Bertz CT molecular complexity index is 2900. The zero-order valence-electron chi connectivity index (χ0n) is 29.3. The Morgan fingerprint density at radius 2 is 0.704 bits per heavy atom. The highest BCUT2D eigenvalue weighted by atomic mass is 15.0. The number of hydrogen-bond donors (Lipinski definition) is 0. The highest BCUT2D eigenvalue weighted by Gasteiger charge is 2.18. The first-order chi connectivity index (χ1) is 26.8. The monoisotopic (exact) mass is 688 g/mol. The lowest BCUT2D eigenvalue weighted by molar-refractivity contribution is 1.08. The number of fused-ring (bicyclic) bond motifs is 4. The fourth-order valence-electron chi connectivity index (χ4n) is 7.56. The summed E-state index contributed by atoms with van der Waals surface area (Å²) in [6, 6.07) is 67.5. The van der Waals surface area contributed by atoms with Gasteiger partial charge in [0.15, 0.2) is 17.5 Å². The van der Waals surface area contributed by atoms with E-state index in [9.17, 15) is 0 Å². The minimum atomic E-state index is 0.643. The fraction of sp³-hybridized carbons (Fsp3) is 0. The average Bonchev–Trinajstić information content (AvgIpc) is 3.26. The molecule has 10 rings (SSSR count). The smallest absolute Gasteiger partial charge is 0.164 e. The maximum Gasteiger partial charge on any atom is 0.164 e. The van der Waals surface area contributed by atoms with E-state index in [1.165, 1.54) is 16.5 Å². The van der Waals surface area contributed by atoms with E-state index in [0.29, 0.717) is 17.5 Å². The first-order valence-electron chi connectivity index (χ1n) is 18.2. The summed E-state index contributed by atoms with van der Waals surface area (Å²) in [4.78, 5) is 20.2. The quantitative estimate of drug-likeness (QED) is 0.163. The van der Waals surface area contributed by atoms with E-state index in [1.54, 1.807) is 0 Å². The fourth-order valence-corrected chi connectivity index (χ4v) is 7.56. The molecule has 0 aliphatic rings. The number of rotatable bonds is 6. The van der Waals surface area contributed by atoms with Crippen molar-refractivity contribution in [2.75, 3.05) is 0 Å². The van der Waals surface area contributed by atoms with E-state index in [-0.39, 0.29) is 0 Å². The molecule has 2 aromatic heterocycles. The number of para-hydroxylation sites is 1. The molecule has 2 heterocycles. The van der Waals surface area contributed by atoms with Gasteiger partial charge in [-0.05, 0) is 45.2 Å². The van der Waals surface area contributed by atoms with Crippen LogP contribution in [-0.4, -0.2) is 19.9 Å². The maximum absolute atomic E-state index is 5.24. The minimum Gasteiger partial charge on any atom is -0.247 e. The van der Waals surface area contributed by atoms with Gasteiger partial charge in [-0.25, -0.2) is 19.9 Å².